The highest BCUT2D eigenvalue weighted by molar-refractivity contribution is 5.77. The third-order valence-corrected chi connectivity index (χ3v) is 4.75. The second-order valence-corrected chi connectivity index (χ2v) is 6.82. The highest BCUT2D eigenvalue weighted by Crippen LogP contribution is 2.21. The van der Waals surface area contributed by atoms with Gasteiger partial charge < -0.3 is 20.7 Å². The summed E-state index contributed by atoms with van der Waals surface area (Å²) in [4.78, 5) is 15.0. The molecule has 0 radical (unpaired) electrons. The number of morpholine rings is 1. The minimum atomic E-state index is -0.0997. The summed E-state index contributed by atoms with van der Waals surface area (Å²) < 4.78 is 5.40. The molecule has 1 aliphatic heterocycles. The van der Waals surface area contributed by atoms with Gasteiger partial charge in [-0.25, -0.2) is 0 Å². The maximum absolute atomic E-state index is 11.0. The summed E-state index contributed by atoms with van der Waals surface area (Å²) in [7, 11) is 0. The van der Waals surface area contributed by atoms with Crippen molar-refractivity contribution in [2.75, 3.05) is 44.3 Å². The van der Waals surface area contributed by atoms with Crippen LogP contribution in [0, 0.1) is 0 Å². The van der Waals surface area contributed by atoms with E-state index in [2.05, 4.69) is 37.8 Å². The lowest BCUT2D eigenvalue weighted by Gasteiger charge is -2.28. The number of ether oxygens (including phenoxy) is 1. The molecule has 0 saturated carbocycles. The number of benzene rings is 1. The molecule has 1 saturated heterocycles. The van der Waals surface area contributed by atoms with Gasteiger partial charge in [-0.3, -0.25) is 4.79 Å². The third-order valence-electron chi connectivity index (χ3n) is 4.75. The molecule has 9 heteroatoms. The van der Waals surface area contributed by atoms with Gasteiger partial charge in [0, 0.05) is 30.9 Å². The van der Waals surface area contributed by atoms with Crippen molar-refractivity contribution in [3.05, 3.63) is 24.3 Å². The Morgan fingerprint density at radius 3 is 2.61 bits per heavy atom. The predicted octanol–water partition coefficient (Wildman–Crippen LogP) is 0.812. The molecule has 0 spiro atoms. The first kappa shape index (κ1) is 20.2. The number of nitrogens with one attached hydrogen (secondary N) is 1. The van der Waals surface area contributed by atoms with Crippen LogP contribution in [0.5, 0.6) is 0 Å². The monoisotopic (exact) mass is 387 g/mol. The molecule has 0 unspecified atom stereocenters. The number of unbranched alkanes of at least 4 members (excludes halogenated alkanes) is 3. The second kappa shape index (κ2) is 10.7. The quantitative estimate of drug-likeness (QED) is 0.580. The number of rotatable bonds is 10. The lowest BCUT2D eigenvalue weighted by atomic mass is 10.2. The fraction of sp³-hybridized carbons (Fsp3) is 0.579. The van der Waals surface area contributed by atoms with E-state index in [4.69, 9.17) is 10.5 Å². The summed E-state index contributed by atoms with van der Waals surface area (Å²) in [6, 6.07) is 8.29. The van der Waals surface area contributed by atoms with E-state index in [1.807, 2.05) is 12.1 Å². The highest BCUT2D eigenvalue weighted by Gasteiger charge is 2.12. The first-order chi connectivity index (χ1) is 13.8. The van der Waals surface area contributed by atoms with E-state index in [1.54, 1.807) is 4.80 Å². The van der Waals surface area contributed by atoms with Gasteiger partial charge in [-0.05, 0) is 42.3 Å². The molecule has 1 amide bonds. The minimum absolute atomic E-state index is 0.0518. The molecule has 1 fully saturated rings. The number of nitrogens with two attached hydrogens (primary N) is 1. The van der Waals surface area contributed by atoms with Gasteiger partial charge in [-0.1, -0.05) is 12.8 Å². The largest absolute Gasteiger partial charge is 0.378 e. The molecule has 2 heterocycles. The first-order valence-electron chi connectivity index (χ1n) is 9.94. The second-order valence-electron chi connectivity index (χ2n) is 6.82. The smallest absolute Gasteiger partial charge is 0.233 e. The van der Waals surface area contributed by atoms with Crippen molar-refractivity contribution in [1.29, 1.82) is 0 Å². The molecule has 1 aliphatic rings. The fourth-order valence-corrected chi connectivity index (χ4v) is 3.13. The Hall–Kier alpha value is -2.52. The minimum Gasteiger partial charge on any atom is -0.378 e. The van der Waals surface area contributed by atoms with Crippen LogP contribution < -0.4 is 16.0 Å². The van der Waals surface area contributed by atoms with Gasteiger partial charge in [-0.2, -0.15) is 4.80 Å². The summed E-state index contributed by atoms with van der Waals surface area (Å²) in [5.74, 6) is 0.551. The lowest BCUT2D eigenvalue weighted by molar-refractivity contribution is -0.119. The molecule has 9 nitrogen and oxygen atoms in total. The Labute approximate surface area is 165 Å². The van der Waals surface area contributed by atoms with Crippen molar-refractivity contribution in [3.8, 4) is 11.4 Å². The molecule has 3 rings (SSSR count). The van der Waals surface area contributed by atoms with Gasteiger partial charge in [0.15, 0.2) is 0 Å². The van der Waals surface area contributed by atoms with Gasteiger partial charge in [0.05, 0.1) is 26.3 Å². The number of carbonyl (C=O) groups is 1. The molecular formula is C19H29N7O2. The van der Waals surface area contributed by atoms with Gasteiger partial charge in [0.2, 0.25) is 11.7 Å². The molecular weight excluding hydrogens is 358 g/mol. The van der Waals surface area contributed by atoms with Crippen molar-refractivity contribution in [1.82, 2.24) is 25.5 Å². The van der Waals surface area contributed by atoms with Crippen LogP contribution in [-0.2, 0) is 16.1 Å². The number of tetrazole rings is 1. The number of hydrogen-bond acceptors (Lipinski definition) is 7. The zero-order chi connectivity index (χ0) is 19.6. The van der Waals surface area contributed by atoms with Crippen LogP contribution >= 0.6 is 0 Å². The number of amides is 1. The van der Waals surface area contributed by atoms with Crippen molar-refractivity contribution < 1.29 is 9.53 Å². The van der Waals surface area contributed by atoms with E-state index in [9.17, 15) is 4.79 Å². The van der Waals surface area contributed by atoms with E-state index >= 15 is 0 Å². The standard InChI is InChI=1S/C19H29N7O2/c20-15-18(27)21-9-3-1-2-4-10-26-23-19(22-24-26)16-5-7-17(8-6-16)25-11-13-28-14-12-25/h5-8H,1-4,9-15,20H2,(H,21,27). The number of nitrogens with zero attached hydrogens (tertiary/aromatic N) is 5. The molecule has 0 aliphatic carbocycles. The molecule has 1 aromatic heterocycles. The average Bonchev–Trinajstić information content (AvgIpc) is 3.22. The summed E-state index contributed by atoms with van der Waals surface area (Å²) in [5.41, 5.74) is 7.41. The normalized spacial score (nSPS) is 14.2. The van der Waals surface area contributed by atoms with Crippen LogP contribution in [0.25, 0.3) is 11.4 Å². The SMILES string of the molecule is NCC(=O)NCCCCCCn1nnc(-c2ccc(N3CCOCC3)cc2)n1. The van der Waals surface area contributed by atoms with E-state index in [1.165, 1.54) is 5.69 Å². The number of aromatic nitrogens is 4. The van der Waals surface area contributed by atoms with Crippen LogP contribution in [0.2, 0.25) is 0 Å². The van der Waals surface area contributed by atoms with E-state index in [0.717, 1.165) is 64.1 Å². The Kier molecular flexibility index (Phi) is 7.74. The van der Waals surface area contributed by atoms with Crippen LogP contribution in [0.3, 0.4) is 0 Å². The average molecular weight is 387 g/mol. The van der Waals surface area contributed by atoms with Gasteiger partial charge >= 0.3 is 0 Å². The zero-order valence-electron chi connectivity index (χ0n) is 16.2. The maximum atomic E-state index is 11.0. The Morgan fingerprint density at radius 2 is 1.86 bits per heavy atom. The zero-order valence-corrected chi connectivity index (χ0v) is 16.2. The highest BCUT2D eigenvalue weighted by atomic mass is 16.5. The van der Waals surface area contributed by atoms with Crippen LogP contribution in [0.4, 0.5) is 5.69 Å². The molecule has 0 atom stereocenters. The predicted molar refractivity (Wildman–Crippen MR) is 107 cm³/mol. The van der Waals surface area contributed by atoms with E-state index in [-0.39, 0.29) is 12.5 Å². The lowest BCUT2D eigenvalue weighted by Crippen LogP contribution is -2.36. The van der Waals surface area contributed by atoms with Crippen molar-refractivity contribution in [2.24, 2.45) is 5.73 Å². The maximum Gasteiger partial charge on any atom is 0.233 e. The van der Waals surface area contributed by atoms with Crippen LogP contribution in [0.15, 0.2) is 24.3 Å². The Bertz CT molecular complexity index is 726. The summed E-state index contributed by atoms with van der Waals surface area (Å²) >= 11 is 0. The van der Waals surface area contributed by atoms with Gasteiger partial charge in [0.25, 0.3) is 0 Å². The molecule has 3 N–H and O–H groups in total. The van der Waals surface area contributed by atoms with E-state index < -0.39 is 0 Å². The van der Waals surface area contributed by atoms with Crippen molar-refractivity contribution in [3.63, 3.8) is 0 Å². The van der Waals surface area contributed by atoms with Gasteiger partial charge in [-0.15, -0.1) is 10.2 Å². The van der Waals surface area contributed by atoms with Crippen molar-refractivity contribution >= 4 is 11.6 Å². The Balaban J connectivity index is 1.39. The number of carbonyl (C=O) groups excluding carboxylic acids is 1. The summed E-state index contributed by atoms with van der Waals surface area (Å²) in [6.07, 6.45) is 4.05. The number of aryl methyl sites for hydroxylation is 1. The van der Waals surface area contributed by atoms with Crippen molar-refractivity contribution in [2.45, 2.75) is 32.2 Å². The van der Waals surface area contributed by atoms with E-state index in [0.29, 0.717) is 12.4 Å². The van der Waals surface area contributed by atoms with Gasteiger partial charge in [0.1, 0.15) is 0 Å². The number of hydrogen-bond donors (Lipinski definition) is 2. The summed E-state index contributed by atoms with van der Waals surface area (Å²) in [5, 5.41) is 15.6. The van der Waals surface area contributed by atoms with Crippen LogP contribution in [-0.4, -0.2) is 65.5 Å². The Morgan fingerprint density at radius 1 is 1.11 bits per heavy atom. The summed E-state index contributed by atoms with van der Waals surface area (Å²) in [6.45, 7) is 4.88. The molecule has 2 aromatic rings. The topological polar surface area (TPSA) is 111 Å². The first-order valence-corrected chi connectivity index (χ1v) is 9.94. The molecule has 152 valence electrons. The molecule has 1 aromatic carbocycles. The molecule has 0 bridgehead atoms. The fourth-order valence-electron chi connectivity index (χ4n) is 3.13. The number of anilines is 1. The third kappa shape index (κ3) is 6.00. The van der Waals surface area contributed by atoms with Crippen LogP contribution in [0.1, 0.15) is 25.7 Å². The molecule has 28 heavy (non-hydrogen) atoms.